The summed E-state index contributed by atoms with van der Waals surface area (Å²) in [7, 11) is 3.43. The number of hydrogen-bond donors (Lipinski definition) is 1. The lowest BCUT2D eigenvalue weighted by Crippen LogP contribution is -2.45. The molecule has 7 heteroatoms. The molecule has 2 rings (SSSR count). The molecule has 0 saturated carbocycles. The Morgan fingerprint density at radius 2 is 2.09 bits per heavy atom. The van der Waals surface area contributed by atoms with Crippen molar-refractivity contribution in [1.82, 2.24) is 10.2 Å². The van der Waals surface area contributed by atoms with E-state index in [4.69, 9.17) is 4.74 Å². The van der Waals surface area contributed by atoms with Crippen LogP contribution < -0.4 is 10.1 Å². The van der Waals surface area contributed by atoms with Gasteiger partial charge in [0, 0.05) is 33.1 Å². The molecule has 1 aliphatic heterocycles. The maximum atomic E-state index is 12.7. The van der Waals surface area contributed by atoms with Crippen molar-refractivity contribution in [3.63, 3.8) is 0 Å². The number of rotatable bonds is 4. The van der Waals surface area contributed by atoms with Crippen LogP contribution in [0.1, 0.15) is 12.0 Å². The Morgan fingerprint density at radius 3 is 2.74 bits per heavy atom. The highest BCUT2D eigenvalue weighted by molar-refractivity contribution is 5.78. The Hall–Kier alpha value is -1.76. The average Bonchev–Trinajstić information content (AvgIpc) is 2.52. The third kappa shape index (κ3) is 4.86. The summed E-state index contributed by atoms with van der Waals surface area (Å²) in [6, 6.07) is 4.85. The minimum atomic E-state index is -4.38. The van der Waals surface area contributed by atoms with Gasteiger partial charge in [0.1, 0.15) is 5.75 Å². The quantitative estimate of drug-likeness (QED) is 0.922. The van der Waals surface area contributed by atoms with Gasteiger partial charge in [0.25, 0.3) is 0 Å². The molecule has 0 bridgehead atoms. The maximum absolute atomic E-state index is 12.7. The number of nitrogens with zero attached hydrogens (tertiary/aromatic N) is 1. The van der Waals surface area contributed by atoms with Crippen molar-refractivity contribution in [3.8, 4) is 5.75 Å². The molecule has 2 atom stereocenters. The zero-order chi connectivity index (χ0) is 17.0. The third-order valence-electron chi connectivity index (χ3n) is 3.88. The van der Waals surface area contributed by atoms with Gasteiger partial charge < -0.3 is 15.0 Å². The van der Waals surface area contributed by atoms with E-state index in [0.717, 1.165) is 12.1 Å². The van der Waals surface area contributed by atoms with Crippen molar-refractivity contribution in [2.24, 2.45) is 11.8 Å². The van der Waals surface area contributed by atoms with Gasteiger partial charge in [0.2, 0.25) is 5.91 Å². The van der Waals surface area contributed by atoms with E-state index in [1.165, 1.54) is 12.1 Å². The van der Waals surface area contributed by atoms with Crippen molar-refractivity contribution in [1.29, 1.82) is 0 Å². The first-order valence-corrected chi connectivity index (χ1v) is 7.49. The molecule has 1 amide bonds. The van der Waals surface area contributed by atoms with E-state index in [1.54, 1.807) is 19.0 Å². The lowest BCUT2D eigenvalue weighted by molar-refractivity contribution is -0.138. The molecule has 0 aliphatic carbocycles. The second-order valence-electron chi connectivity index (χ2n) is 6.03. The second kappa shape index (κ2) is 7.21. The van der Waals surface area contributed by atoms with Crippen LogP contribution >= 0.6 is 0 Å². The fourth-order valence-electron chi connectivity index (χ4n) is 2.69. The second-order valence-corrected chi connectivity index (χ2v) is 6.03. The minimum Gasteiger partial charge on any atom is -0.493 e. The number of nitrogens with one attached hydrogen (secondary N) is 1. The van der Waals surface area contributed by atoms with Gasteiger partial charge in [-0.3, -0.25) is 4.79 Å². The van der Waals surface area contributed by atoms with Gasteiger partial charge >= 0.3 is 6.18 Å². The van der Waals surface area contributed by atoms with Crippen molar-refractivity contribution in [2.45, 2.75) is 12.6 Å². The van der Waals surface area contributed by atoms with Crippen LogP contribution in [0.4, 0.5) is 13.2 Å². The number of hydrogen-bond acceptors (Lipinski definition) is 3. The van der Waals surface area contributed by atoms with Crippen LogP contribution in [-0.4, -0.2) is 44.6 Å². The normalized spacial score (nSPS) is 21.8. The largest absolute Gasteiger partial charge is 0.493 e. The molecule has 4 nitrogen and oxygen atoms in total. The number of benzene rings is 1. The van der Waals surface area contributed by atoms with E-state index in [0.29, 0.717) is 19.5 Å². The predicted octanol–water partition coefficient (Wildman–Crippen LogP) is 2.40. The zero-order valence-corrected chi connectivity index (χ0v) is 13.2. The number of carbonyl (C=O) groups is 1. The Morgan fingerprint density at radius 1 is 1.35 bits per heavy atom. The van der Waals surface area contributed by atoms with Crippen LogP contribution in [-0.2, 0) is 11.0 Å². The molecule has 0 spiro atoms. The first-order valence-electron chi connectivity index (χ1n) is 7.49. The van der Waals surface area contributed by atoms with E-state index in [1.807, 2.05) is 0 Å². The number of carbonyl (C=O) groups excluding carboxylic acids is 1. The van der Waals surface area contributed by atoms with Crippen LogP contribution in [0.2, 0.25) is 0 Å². The van der Waals surface area contributed by atoms with Gasteiger partial charge in [-0.2, -0.15) is 13.2 Å². The van der Waals surface area contributed by atoms with Crippen LogP contribution in [0.15, 0.2) is 24.3 Å². The topological polar surface area (TPSA) is 41.6 Å². The van der Waals surface area contributed by atoms with E-state index in [9.17, 15) is 18.0 Å². The van der Waals surface area contributed by atoms with Crippen LogP contribution in [0.5, 0.6) is 5.75 Å². The van der Waals surface area contributed by atoms with E-state index in [2.05, 4.69) is 5.32 Å². The number of ether oxygens (including phenoxy) is 1. The lowest BCUT2D eigenvalue weighted by atomic mass is 9.90. The fraction of sp³-hybridized carbons (Fsp3) is 0.562. The molecular weight excluding hydrogens is 309 g/mol. The van der Waals surface area contributed by atoms with E-state index >= 15 is 0 Å². The summed E-state index contributed by atoms with van der Waals surface area (Å²) in [5.41, 5.74) is -0.725. The van der Waals surface area contributed by atoms with Gasteiger partial charge in [-0.25, -0.2) is 0 Å². The van der Waals surface area contributed by atoms with E-state index in [-0.39, 0.29) is 30.1 Å². The summed E-state index contributed by atoms with van der Waals surface area (Å²) in [5, 5.41) is 3.19. The molecule has 128 valence electrons. The smallest absolute Gasteiger partial charge is 0.416 e. The van der Waals surface area contributed by atoms with Crippen molar-refractivity contribution in [3.05, 3.63) is 29.8 Å². The number of alkyl halides is 3. The average molecular weight is 330 g/mol. The zero-order valence-electron chi connectivity index (χ0n) is 13.2. The third-order valence-corrected chi connectivity index (χ3v) is 3.88. The number of halogens is 3. The first kappa shape index (κ1) is 17.6. The van der Waals surface area contributed by atoms with Crippen LogP contribution in [0, 0.1) is 11.8 Å². The first-order chi connectivity index (χ1) is 10.8. The molecular formula is C16H21F3N2O2. The summed E-state index contributed by atoms with van der Waals surface area (Å²) >= 11 is 0. The summed E-state index contributed by atoms with van der Waals surface area (Å²) in [5.74, 6) is 0.225. The fourth-order valence-corrected chi connectivity index (χ4v) is 2.69. The van der Waals surface area contributed by atoms with E-state index < -0.39 is 11.7 Å². The van der Waals surface area contributed by atoms with Crippen molar-refractivity contribution < 1.29 is 22.7 Å². The SMILES string of the molecule is CN(C)C(=O)[C@H]1CNC[C@@H](COc2cccc(C(F)(F)F)c2)C1. The molecule has 0 aromatic heterocycles. The van der Waals surface area contributed by atoms with Crippen LogP contribution in [0.25, 0.3) is 0 Å². The summed E-state index contributed by atoms with van der Waals surface area (Å²) in [4.78, 5) is 13.6. The summed E-state index contributed by atoms with van der Waals surface area (Å²) < 4.78 is 43.5. The number of amides is 1. The molecule has 1 aromatic carbocycles. The van der Waals surface area contributed by atoms with Crippen molar-refractivity contribution in [2.75, 3.05) is 33.8 Å². The molecule has 1 saturated heterocycles. The van der Waals surface area contributed by atoms with Gasteiger partial charge in [-0.15, -0.1) is 0 Å². The summed E-state index contributed by atoms with van der Waals surface area (Å²) in [6.45, 7) is 1.60. The summed E-state index contributed by atoms with van der Waals surface area (Å²) in [6.07, 6.45) is -3.71. The van der Waals surface area contributed by atoms with Crippen molar-refractivity contribution >= 4 is 5.91 Å². The maximum Gasteiger partial charge on any atom is 0.416 e. The molecule has 23 heavy (non-hydrogen) atoms. The van der Waals surface area contributed by atoms with Gasteiger partial charge in [-0.05, 0) is 24.6 Å². The Kier molecular flexibility index (Phi) is 5.51. The molecule has 1 fully saturated rings. The van der Waals surface area contributed by atoms with Gasteiger partial charge in [0.15, 0.2) is 0 Å². The monoisotopic (exact) mass is 330 g/mol. The Labute approximate surface area is 133 Å². The van der Waals surface area contributed by atoms with Gasteiger partial charge in [0.05, 0.1) is 18.1 Å². The Balaban J connectivity index is 1.92. The highest BCUT2D eigenvalue weighted by Crippen LogP contribution is 2.31. The Bertz CT molecular complexity index is 546. The molecule has 0 radical (unpaired) electrons. The lowest BCUT2D eigenvalue weighted by Gasteiger charge is -2.30. The minimum absolute atomic E-state index is 0.0567. The number of piperidine rings is 1. The van der Waals surface area contributed by atoms with Gasteiger partial charge in [-0.1, -0.05) is 6.07 Å². The molecule has 1 heterocycles. The highest BCUT2D eigenvalue weighted by Gasteiger charge is 2.31. The van der Waals surface area contributed by atoms with Crippen LogP contribution in [0.3, 0.4) is 0 Å². The predicted molar refractivity (Wildman–Crippen MR) is 80.1 cm³/mol. The molecule has 1 aromatic rings. The molecule has 0 unspecified atom stereocenters. The molecule has 1 aliphatic rings. The highest BCUT2D eigenvalue weighted by atomic mass is 19.4. The molecule has 1 N–H and O–H groups in total. The standard InChI is InChI=1S/C16H21F3N2O2/c1-21(2)15(22)12-6-11(8-20-9-12)10-23-14-5-3-4-13(7-14)16(17,18)19/h3-5,7,11-12,20H,6,8-10H2,1-2H3/t11-,12+/m0/s1.